The Bertz CT molecular complexity index is 836. The summed E-state index contributed by atoms with van der Waals surface area (Å²) in [4.78, 5) is 25.3. The van der Waals surface area contributed by atoms with Gasteiger partial charge >= 0.3 is 6.09 Å². The monoisotopic (exact) mass is 413 g/mol. The fourth-order valence-electron chi connectivity index (χ4n) is 3.83. The number of ether oxygens (including phenoxy) is 1. The van der Waals surface area contributed by atoms with Crippen molar-refractivity contribution in [2.24, 2.45) is 5.92 Å². The molecule has 8 heteroatoms. The maximum absolute atomic E-state index is 12.4. The molecule has 1 saturated heterocycles. The summed E-state index contributed by atoms with van der Waals surface area (Å²) in [5, 5.41) is 4.14. The van der Waals surface area contributed by atoms with Crippen LogP contribution in [-0.2, 0) is 11.3 Å². The summed E-state index contributed by atoms with van der Waals surface area (Å²) >= 11 is 0. The molecule has 0 bridgehead atoms. The second-order valence-electron chi connectivity index (χ2n) is 9.32. The van der Waals surface area contributed by atoms with E-state index in [0.29, 0.717) is 37.4 Å². The predicted octanol–water partition coefficient (Wildman–Crippen LogP) is 3.74. The van der Waals surface area contributed by atoms with Gasteiger partial charge in [0.25, 0.3) is 0 Å². The Kier molecular flexibility index (Phi) is 6.04. The van der Waals surface area contributed by atoms with E-state index in [9.17, 15) is 4.79 Å². The second-order valence-corrected chi connectivity index (χ2v) is 9.32. The van der Waals surface area contributed by atoms with Gasteiger partial charge in [-0.15, -0.1) is 0 Å². The summed E-state index contributed by atoms with van der Waals surface area (Å²) in [5.41, 5.74) is 0.440. The Hall–Kier alpha value is -2.48. The first-order valence-electron chi connectivity index (χ1n) is 10.8. The van der Waals surface area contributed by atoms with Gasteiger partial charge in [-0.2, -0.15) is 4.98 Å². The largest absolute Gasteiger partial charge is 0.444 e. The number of hydrogen-bond donors (Lipinski definition) is 0. The van der Waals surface area contributed by atoms with E-state index >= 15 is 0 Å². The van der Waals surface area contributed by atoms with Crippen molar-refractivity contribution < 1.29 is 14.1 Å². The molecule has 4 rings (SSSR count). The van der Waals surface area contributed by atoms with Crippen LogP contribution in [0.1, 0.15) is 52.3 Å². The molecule has 0 spiro atoms. The van der Waals surface area contributed by atoms with E-state index in [1.165, 1.54) is 12.8 Å². The van der Waals surface area contributed by atoms with Crippen LogP contribution < -0.4 is 0 Å². The van der Waals surface area contributed by atoms with E-state index in [-0.39, 0.29) is 6.09 Å². The average molecular weight is 414 g/mol. The lowest BCUT2D eigenvalue weighted by Crippen LogP contribution is -2.48. The summed E-state index contributed by atoms with van der Waals surface area (Å²) in [7, 11) is 0. The lowest BCUT2D eigenvalue weighted by molar-refractivity contribution is 0.0126. The maximum atomic E-state index is 12.4. The van der Waals surface area contributed by atoms with Crippen LogP contribution in [0.15, 0.2) is 29.0 Å². The molecular formula is C22H31N5O3. The molecule has 2 aliphatic rings. The molecule has 2 aromatic rings. The Balaban J connectivity index is 1.37. The predicted molar refractivity (Wildman–Crippen MR) is 111 cm³/mol. The lowest BCUT2D eigenvalue weighted by atomic mass is 10.0. The van der Waals surface area contributed by atoms with Crippen molar-refractivity contribution in [1.29, 1.82) is 0 Å². The van der Waals surface area contributed by atoms with Crippen molar-refractivity contribution in [2.75, 3.05) is 19.6 Å². The van der Waals surface area contributed by atoms with Gasteiger partial charge in [0.2, 0.25) is 11.7 Å². The van der Waals surface area contributed by atoms with E-state index in [0.717, 1.165) is 30.9 Å². The highest BCUT2D eigenvalue weighted by Crippen LogP contribution is 2.32. The third-order valence-electron chi connectivity index (χ3n) is 5.57. The molecule has 1 aliphatic heterocycles. The highest BCUT2D eigenvalue weighted by Gasteiger charge is 2.33. The molecule has 0 atom stereocenters. The minimum Gasteiger partial charge on any atom is -0.444 e. The number of hydrogen-bond acceptors (Lipinski definition) is 7. The minimum atomic E-state index is -0.462. The Morgan fingerprint density at radius 1 is 1.20 bits per heavy atom. The molecule has 1 saturated carbocycles. The molecular weight excluding hydrogens is 382 g/mol. The topological polar surface area (TPSA) is 84.6 Å². The molecule has 162 valence electrons. The number of carbonyl (C=O) groups excluding carboxylic acids is 1. The van der Waals surface area contributed by atoms with Gasteiger partial charge in [-0.25, -0.2) is 4.79 Å². The molecule has 2 aromatic heterocycles. The number of aromatic nitrogens is 3. The molecule has 0 aromatic carbocycles. The van der Waals surface area contributed by atoms with Gasteiger partial charge in [-0.1, -0.05) is 5.16 Å². The van der Waals surface area contributed by atoms with Crippen LogP contribution in [0.25, 0.3) is 11.4 Å². The van der Waals surface area contributed by atoms with Crippen molar-refractivity contribution >= 4 is 6.09 Å². The Morgan fingerprint density at radius 3 is 2.53 bits per heavy atom. The first-order chi connectivity index (χ1) is 14.4. The SMILES string of the molecule is CC(C)(C)OC(=O)N1CCC(N(Cc2nc(-c3ccncc3)no2)CC2CC2)CC1. The van der Waals surface area contributed by atoms with Crippen LogP contribution in [0.2, 0.25) is 0 Å². The highest BCUT2D eigenvalue weighted by atomic mass is 16.6. The quantitative estimate of drug-likeness (QED) is 0.713. The number of carbonyl (C=O) groups is 1. The summed E-state index contributed by atoms with van der Waals surface area (Å²) in [5.74, 6) is 1.99. The van der Waals surface area contributed by atoms with Gasteiger partial charge < -0.3 is 14.2 Å². The normalized spacial score (nSPS) is 18.1. The van der Waals surface area contributed by atoms with Crippen LogP contribution in [0.3, 0.4) is 0 Å². The van der Waals surface area contributed by atoms with Crippen molar-refractivity contribution in [3.63, 3.8) is 0 Å². The van der Waals surface area contributed by atoms with Crippen LogP contribution in [-0.4, -0.2) is 62.3 Å². The number of piperidine rings is 1. The van der Waals surface area contributed by atoms with Crippen LogP contribution >= 0.6 is 0 Å². The van der Waals surface area contributed by atoms with Gasteiger partial charge in [0, 0.05) is 43.6 Å². The average Bonchev–Trinajstić information content (AvgIpc) is 3.42. The zero-order chi connectivity index (χ0) is 21.1. The van der Waals surface area contributed by atoms with Crippen molar-refractivity contribution in [3.8, 4) is 11.4 Å². The summed E-state index contributed by atoms with van der Waals surface area (Å²) < 4.78 is 11.1. The van der Waals surface area contributed by atoms with Crippen molar-refractivity contribution in [2.45, 2.75) is 64.6 Å². The second kappa shape index (κ2) is 8.71. The van der Waals surface area contributed by atoms with Gasteiger partial charge in [0.1, 0.15) is 5.60 Å². The van der Waals surface area contributed by atoms with Gasteiger partial charge in [-0.05, 0) is 64.5 Å². The standard InChI is InChI=1S/C22H31N5O3/c1-22(2,3)29-21(28)26-12-8-18(9-13-26)27(14-16-4-5-16)15-19-24-20(25-30-19)17-6-10-23-11-7-17/h6-7,10-11,16,18H,4-5,8-9,12-15H2,1-3H3. The summed E-state index contributed by atoms with van der Waals surface area (Å²) in [6.45, 7) is 8.83. The lowest BCUT2D eigenvalue weighted by Gasteiger charge is -2.38. The van der Waals surface area contributed by atoms with Crippen molar-refractivity contribution in [3.05, 3.63) is 30.4 Å². The van der Waals surface area contributed by atoms with E-state index in [1.54, 1.807) is 12.4 Å². The molecule has 30 heavy (non-hydrogen) atoms. The zero-order valence-electron chi connectivity index (χ0n) is 18.1. The Morgan fingerprint density at radius 2 is 1.90 bits per heavy atom. The third-order valence-corrected chi connectivity index (χ3v) is 5.57. The van der Waals surface area contributed by atoms with Gasteiger partial charge in [-0.3, -0.25) is 9.88 Å². The van der Waals surface area contributed by atoms with Gasteiger partial charge in [0.05, 0.1) is 6.54 Å². The molecule has 0 radical (unpaired) electrons. The van der Waals surface area contributed by atoms with E-state index < -0.39 is 5.60 Å². The van der Waals surface area contributed by atoms with E-state index in [4.69, 9.17) is 9.26 Å². The smallest absolute Gasteiger partial charge is 0.410 e. The number of amides is 1. The van der Waals surface area contributed by atoms with Crippen LogP contribution in [0.4, 0.5) is 4.79 Å². The third kappa shape index (κ3) is 5.56. The molecule has 8 nitrogen and oxygen atoms in total. The molecule has 1 aliphatic carbocycles. The first-order valence-corrected chi connectivity index (χ1v) is 10.8. The summed E-state index contributed by atoms with van der Waals surface area (Å²) in [6.07, 6.45) is 7.67. The fraction of sp³-hybridized carbons (Fsp3) is 0.636. The number of likely N-dealkylation sites (tertiary alicyclic amines) is 1. The highest BCUT2D eigenvalue weighted by molar-refractivity contribution is 5.68. The molecule has 2 fully saturated rings. The van der Waals surface area contributed by atoms with Crippen LogP contribution in [0, 0.1) is 5.92 Å². The minimum absolute atomic E-state index is 0.214. The van der Waals surface area contributed by atoms with Crippen molar-refractivity contribution in [1.82, 2.24) is 24.9 Å². The first kappa shape index (κ1) is 20.8. The number of nitrogens with zero attached hydrogens (tertiary/aromatic N) is 5. The van der Waals surface area contributed by atoms with Gasteiger partial charge in [0.15, 0.2) is 0 Å². The van der Waals surface area contributed by atoms with Crippen LogP contribution in [0.5, 0.6) is 0 Å². The maximum Gasteiger partial charge on any atom is 0.410 e. The summed E-state index contributed by atoms with van der Waals surface area (Å²) in [6, 6.07) is 4.16. The Labute approximate surface area is 177 Å². The fourth-order valence-corrected chi connectivity index (χ4v) is 3.83. The number of pyridine rings is 1. The number of rotatable bonds is 6. The molecule has 1 amide bonds. The van der Waals surface area contributed by atoms with E-state index in [2.05, 4.69) is 20.0 Å². The molecule has 3 heterocycles. The van der Waals surface area contributed by atoms with E-state index in [1.807, 2.05) is 37.8 Å². The molecule has 0 unspecified atom stereocenters. The zero-order valence-corrected chi connectivity index (χ0v) is 18.1. The molecule has 0 N–H and O–H groups in total.